The van der Waals surface area contributed by atoms with E-state index in [0.29, 0.717) is 11.6 Å². The van der Waals surface area contributed by atoms with E-state index in [-0.39, 0.29) is 16.7 Å². The van der Waals surface area contributed by atoms with Gasteiger partial charge in [0.2, 0.25) is 0 Å². The molecule has 2 rings (SSSR count). The Hall–Kier alpha value is -1.62. The fraction of sp³-hybridized carbons (Fsp3) is 0.571. The molecule has 0 radical (unpaired) electrons. The van der Waals surface area contributed by atoms with Crippen LogP contribution in [0.15, 0.2) is 12.1 Å². The predicted molar refractivity (Wildman–Crippen MR) is 73.7 cm³/mol. The molecule has 1 aliphatic rings. The minimum Gasteiger partial charge on any atom is -0.490 e. The Kier molecular flexibility index (Phi) is 4.04. The second-order valence-corrected chi connectivity index (χ2v) is 5.13. The Morgan fingerprint density at radius 1 is 1.37 bits per heavy atom. The summed E-state index contributed by atoms with van der Waals surface area (Å²) in [5, 5.41) is 14.2. The Balaban J connectivity index is 2.02. The fourth-order valence-electron chi connectivity index (χ4n) is 2.39. The van der Waals surface area contributed by atoms with Gasteiger partial charge in [0.1, 0.15) is 11.9 Å². The van der Waals surface area contributed by atoms with Gasteiger partial charge in [-0.1, -0.05) is 6.92 Å². The van der Waals surface area contributed by atoms with Crippen LogP contribution in [0.5, 0.6) is 5.75 Å². The standard InChI is InChI=1S/C14H20N2O3/c1-4-15-11-7-12(8-11)19-14-6-9(2)13(16(17)18)5-10(14)3/h5-6,11-12,15H,4,7-8H2,1-3H3. The van der Waals surface area contributed by atoms with Crippen molar-refractivity contribution < 1.29 is 9.66 Å². The number of ether oxygens (including phenoxy) is 1. The number of nitro groups is 1. The van der Waals surface area contributed by atoms with Crippen molar-refractivity contribution in [1.82, 2.24) is 5.32 Å². The van der Waals surface area contributed by atoms with Gasteiger partial charge in [-0.3, -0.25) is 10.1 Å². The van der Waals surface area contributed by atoms with Crippen molar-refractivity contribution in [2.75, 3.05) is 6.54 Å². The van der Waals surface area contributed by atoms with Crippen LogP contribution in [0, 0.1) is 24.0 Å². The molecule has 104 valence electrons. The zero-order chi connectivity index (χ0) is 14.0. The molecule has 5 nitrogen and oxygen atoms in total. The van der Waals surface area contributed by atoms with Gasteiger partial charge in [-0.25, -0.2) is 0 Å². The van der Waals surface area contributed by atoms with Crippen LogP contribution in [-0.2, 0) is 0 Å². The van der Waals surface area contributed by atoms with E-state index < -0.39 is 0 Å². The highest BCUT2D eigenvalue weighted by Gasteiger charge is 2.30. The zero-order valence-corrected chi connectivity index (χ0v) is 11.6. The Morgan fingerprint density at radius 2 is 2.05 bits per heavy atom. The molecule has 0 saturated heterocycles. The van der Waals surface area contributed by atoms with Crippen LogP contribution in [0.25, 0.3) is 0 Å². The molecule has 1 aromatic rings. The molecule has 0 unspecified atom stereocenters. The first-order valence-electron chi connectivity index (χ1n) is 6.67. The Morgan fingerprint density at radius 3 is 2.63 bits per heavy atom. The predicted octanol–water partition coefficient (Wildman–Crippen LogP) is 2.73. The third-order valence-corrected chi connectivity index (χ3v) is 3.57. The van der Waals surface area contributed by atoms with E-state index in [2.05, 4.69) is 12.2 Å². The lowest BCUT2D eigenvalue weighted by Gasteiger charge is -2.36. The van der Waals surface area contributed by atoms with Crippen molar-refractivity contribution in [2.24, 2.45) is 0 Å². The number of benzene rings is 1. The molecular weight excluding hydrogens is 244 g/mol. The van der Waals surface area contributed by atoms with E-state index in [1.807, 2.05) is 6.92 Å². The fourth-order valence-corrected chi connectivity index (χ4v) is 2.39. The average Bonchev–Trinajstić information content (AvgIpc) is 2.30. The summed E-state index contributed by atoms with van der Waals surface area (Å²) in [4.78, 5) is 10.5. The maximum absolute atomic E-state index is 10.8. The van der Waals surface area contributed by atoms with Crippen LogP contribution in [0.4, 0.5) is 5.69 Å². The summed E-state index contributed by atoms with van der Waals surface area (Å²) in [5.41, 5.74) is 1.63. The molecule has 0 spiro atoms. The lowest BCUT2D eigenvalue weighted by atomic mass is 9.89. The average molecular weight is 264 g/mol. The van der Waals surface area contributed by atoms with E-state index in [0.717, 1.165) is 30.7 Å². The lowest BCUT2D eigenvalue weighted by Crippen LogP contribution is -2.46. The molecule has 19 heavy (non-hydrogen) atoms. The van der Waals surface area contributed by atoms with Gasteiger partial charge in [0.15, 0.2) is 0 Å². The van der Waals surface area contributed by atoms with Crippen LogP contribution in [0.3, 0.4) is 0 Å². The van der Waals surface area contributed by atoms with Crippen LogP contribution in [0.1, 0.15) is 30.9 Å². The maximum atomic E-state index is 10.8. The van der Waals surface area contributed by atoms with Crippen molar-refractivity contribution in [3.05, 3.63) is 33.4 Å². The summed E-state index contributed by atoms with van der Waals surface area (Å²) in [6, 6.07) is 3.91. The minimum absolute atomic E-state index is 0.156. The summed E-state index contributed by atoms with van der Waals surface area (Å²) >= 11 is 0. The molecule has 5 heteroatoms. The molecule has 1 N–H and O–H groups in total. The van der Waals surface area contributed by atoms with Crippen LogP contribution >= 0.6 is 0 Å². The first-order valence-corrected chi connectivity index (χ1v) is 6.67. The molecule has 1 fully saturated rings. The van der Waals surface area contributed by atoms with E-state index in [4.69, 9.17) is 4.74 Å². The molecule has 0 aromatic heterocycles. The molecule has 0 aliphatic heterocycles. The van der Waals surface area contributed by atoms with Gasteiger partial charge in [-0.15, -0.1) is 0 Å². The highest BCUT2D eigenvalue weighted by atomic mass is 16.6. The summed E-state index contributed by atoms with van der Waals surface area (Å²) in [6.45, 7) is 6.67. The van der Waals surface area contributed by atoms with Crippen molar-refractivity contribution in [3.63, 3.8) is 0 Å². The quantitative estimate of drug-likeness (QED) is 0.656. The molecule has 0 amide bonds. The highest BCUT2D eigenvalue weighted by Crippen LogP contribution is 2.32. The third-order valence-electron chi connectivity index (χ3n) is 3.57. The summed E-state index contributed by atoms with van der Waals surface area (Å²) < 4.78 is 5.91. The molecule has 0 heterocycles. The lowest BCUT2D eigenvalue weighted by molar-refractivity contribution is -0.385. The molecule has 1 aromatic carbocycles. The van der Waals surface area contributed by atoms with Gasteiger partial charge in [0.25, 0.3) is 5.69 Å². The minimum atomic E-state index is -0.351. The third kappa shape index (κ3) is 3.04. The molecule has 1 saturated carbocycles. The summed E-state index contributed by atoms with van der Waals surface area (Å²) in [6.07, 6.45) is 2.23. The van der Waals surface area contributed by atoms with E-state index in [1.165, 1.54) is 0 Å². The summed E-state index contributed by atoms with van der Waals surface area (Å²) in [5.74, 6) is 0.767. The van der Waals surface area contributed by atoms with Crippen LogP contribution in [0.2, 0.25) is 0 Å². The smallest absolute Gasteiger partial charge is 0.272 e. The van der Waals surface area contributed by atoms with Gasteiger partial charge in [0.05, 0.1) is 4.92 Å². The number of hydrogen-bond acceptors (Lipinski definition) is 4. The number of nitrogens with one attached hydrogen (secondary N) is 1. The Bertz CT molecular complexity index is 482. The largest absolute Gasteiger partial charge is 0.490 e. The van der Waals surface area contributed by atoms with Gasteiger partial charge >= 0.3 is 0 Å². The molecular formula is C14H20N2O3. The van der Waals surface area contributed by atoms with Crippen LogP contribution in [-0.4, -0.2) is 23.6 Å². The number of nitro benzene ring substituents is 1. The van der Waals surface area contributed by atoms with E-state index in [9.17, 15) is 10.1 Å². The van der Waals surface area contributed by atoms with Crippen molar-refractivity contribution in [3.8, 4) is 5.75 Å². The number of aryl methyl sites for hydroxylation is 2. The molecule has 0 atom stereocenters. The summed E-state index contributed by atoms with van der Waals surface area (Å²) in [7, 11) is 0. The Labute approximate surface area is 113 Å². The van der Waals surface area contributed by atoms with Crippen molar-refractivity contribution >= 4 is 5.69 Å². The monoisotopic (exact) mass is 264 g/mol. The van der Waals surface area contributed by atoms with Crippen molar-refractivity contribution in [1.29, 1.82) is 0 Å². The first-order chi connectivity index (χ1) is 9.01. The second-order valence-electron chi connectivity index (χ2n) is 5.13. The molecule has 1 aliphatic carbocycles. The zero-order valence-electron chi connectivity index (χ0n) is 11.6. The number of hydrogen-bond donors (Lipinski definition) is 1. The van der Waals surface area contributed by atoms with Gasteiger partial charge in [-0.2, -0.15) is 0 Å². The maximum Gasteiger partial charge on any atom is 0.272 e. The second kappa shape index (κ2) is 5.57. The van der Waals surface area contributed by atoms with E-state index >= 15 is 0 Å². The number of nitrogens with zero attached hydrogens (tertiary/aromatic N) is 1. The van der Waals surface area contributed by atoms with Gasteiger partial charge in [0, 0.05) is 17.7 Å². The molecule has 0 bridgehead atoms. The normalized spacial score (nSPS) is 21.8. The van der Waals surface area contributed by atoms with Gasteiger partial charge in [-0.05, 0) is 44.9 Å². The SMILES string of the molecule is CCNC1CC(Oc2cc(C)c([N+](=O)[O-])cc2C)C1. The van der Waals surface area contributed by atoms with Crippen molar-refractivity contribution in [2.45, 2.75) is 45.8 Å². The van der Waals surface area contributed by atoms with Crippen LogP contribution < -0.4 is 10.1 Å². The first kappa shape index (κ1) is 13.8. The topological polar surface area (TPSA) is 64.4 Å². The number of rotatable bonds is 5. The van der Waals surface area contributed by atoms with Gasteiger partial charge < -0.3 is 10.1 Å². The highest BCUT2D eigenvalue weighted by molar-refractivity contribution is 5.49. The van der Waals surface area contributed by atoms with E-state index in [1.54, 1.807) is 19.1 Å².